The van der Waals surface area contributed by atoms with Gasteiger partial charge in [0.25, 0.3) is 0 Å². The topological polar surface area (TPSA) is 0 Å². The SMILES string of the molecule is FC1(F)C(c2cc(-c3ccc(C=Cc4ccccc4)cc3)sc2-c2ccccc2)=C(c2cc(-c3ccc(C=Cc4ccccc4)cc3)sc2-c2ccccc2)C(F)(F)C1(F)F. The fraction of sp³-hybridized carbons (Fsp3) is 0.0566. The van der Waals surface area contributed by atoms with Gasteiger partial charge in [-0.3, -0.25) is 0 Å². The molecular formula is C53H34F6S2. The van der Waals surface area contributed by atoms with Crippen molar-refractivity contribution in [3.63, 3.8) is 0 Å². The van der Waals surface area contributed by atoms with E-state index in [1.54, 1.807) is 60.7 Å². The van der Waals surface area contributed by atoms with Gasteiger partial charge in [-0.1, -0.05) is 194 Å². The highest BCUT2D eigenvalue weighted by atomic mass is 32.1. The molecule has 2 heterocycles. The molecule has 0 amide bonds. The average Bonchev–Trinajstić information content (AvgIpc) is 3.96. The van der Waals surface area contributed by atoms with Crippen molar-refractivity contribution in [2.45, 2.75) is 17.8 Å². The first-order valence-electron chi connectivity index (χ1n) is 19.5. The summed E-state index contributed by atoms with van der Waals surface area (Å²) in [4.78, 5) is 1.29. The second-order valence-electron chi connectivity index (χ2n) is 14.6. The van der Waals surface area contributed by atoms with Crippen molar-refractivity contribution in [2.24, 2.45) is 0 Å². The van der Waals surface area contributed by atoms with Crippen LogP contribution >= 0.6 is 22.7 Å². The van der Waals surface area contributed by atoms with Gasteiger partial charge in [-0.15, -0.1) is 22.7 Å². The fourth-order valence-corrected chi connectivity index (χ4v) is 9.86. The number of benzene rings is 6. The van der Waals surface area contributed by atoms with E-state index in [2.05, 4.69) is 0 Å². The first kappa shape index (κ1) is 40.0. The van der Waals surface area contributed by atoms with Crippen molar-refractivity contribution in [3.05, 3.63) is 215 Å². The quantitative estimate of drug-likeness (QED) is 0.0950. The Hall–Kier alpha value is -6.48. The molecule has 1 aliphatic rings. The van der Waals surface area contributed by atoms with Crippen LogP contribution in [0, 0.1) is 0 Å². The van der Waals surface area contributed by atoms with Crippen molar-refractivity contribution in [3.8, 4) is 41.8 Å². The zero-order chi connectivity index (χ0) is 42.2. The molecule has 0 N–H and O–H groups in total. The average molecular weight is 849 g/mol. The van der Waals surface area contributed by atoms with Crippen molar-refractivity contribution < 1.29 is 26.3 Å². The standard InChI is InChI=1S/C53H34F6S2/c54-51(55)47(43-33-45(60-49(43)41-17-9-3-10-18-41)39-29-25-37(26-30-39)23-21-35-13-5-1-6-14-35)48(52(56,57)53(51,58)59)44-34-46(61-50(44)42-19-11-4-12-20-42)40-31-27-38(28-32-40)24-22-36-15-7-2-8-16-36/h1-34H. The van der Waals surface area contributed by atoms with Crippen LogP contribution in [0.2, 0.25) is 0 Å². The Balaban J connectivity index is 1.21. The summed E-state index contributed by atoms with van der Waals surface area (Å²) in [6.45, 7) is 0. The lowest BCUT2D eigenvalue weighted by atomic mass is 9.92. The van der Waals surface area contributed by atoms with Crippen LogP contribution < -0.4 is 0 Å². The van der Waals surface area contributed by atoms with E-state index in [-0.39, 0.29) is 20.9 Å². The van der Waals surface area contributed by atoms with Crippen LogP contribution in [0.5, 0.6) is 0 Å². The van der Waals surface area contributed by atoms with E-state index >= 15 is 26.3 Å². The number of halogens is 6. The van der Waals surface area contributed by atoms with Gasteiger partial charge in [0.1, 0.15) is 0 Å². The van der Waals surface area contributed by atoms with E-state index in [0.717, 1.165) is 44.9 Å². The second-order valence-corrected chi connectivity index (χ2v) is 16.7. The molecular weight excluding hydrogens is 815 g/mol. The summed E-state index contributed by atoms with van der Waals surface area (Å²) in [5.74, 6) is -16.2. The molecule has 61 heavy (non-hydrogen) atoms. The Labute approximate surface area is 357 Å². The Morgan fingerprint density at radius 2 is 0.623 bits per heavy atom. The molecule has 0 aliphatic heterocycles. The van der Waals surface area contributed by atoms with Crippen LogP contribution in [-0.2, 0) is 0 Å². The molecule has 0 spiro atoms. The minimum absolute atomic E-state index is 0.181. The minimum atomic E-state index is -5.74. The summed E-state index contributed by atoms with van der Waals surface area (Å²) < 4.78 is 98.9. The summed E-state index contributed by atoms with van der Waals surface area (Å²) in [6, 6.07) is 53.8. The van der Waals surface area contributed by atoms with Crippen molar-refractivity contribution in [1.29, 1.82) is 0 Å². The third-order valence-corrected chi connectivity index (χ3v) is 13.1. The second kappa shape index (κ2) is 16.2. The summed E-state index contributed by atoms with van der Waals surface area (Å²) in [6.07, 6.45) is 7.79. The van der Waals surface area contributed by atoms with Gasteiger partial charge in [-0.2, -0.15) is 26.3 Å². The third kappa shape index (κ3) is 7.51. The predicted octanol–water partition coefficient (Wildman–Crippen LogP) is 16.6. The Morgan fingerprint density at radius 3 is 0.951 bits per heavy atom. The molecule has 0 atom stereocenters. The molecule has 8 aromatic rings. The maximum Gasteiger partial charge on any atom is 0.380 e. The molecule has 0 saturated carbocycles. The molecule has 0 nitrogen and oxygen atoms in total. The van der Waals surface area contributed by atoms with E-state index in [1.807, 2.05) is 133 Å². The highest BCUT2D eigenvalue weighted by Gasteiger charge is 2.80. The van der Waals surface area contributed by atoms with Gasteiger partial charge in [0.15, 0.2) is 0 Å². The van der Waals surface area contributed by atoms with Crippen molar-refractivity contribution >= 4 is 58.1 Å². The van der Waals surface area contributed by atoms with E-state index in [4.69, 9.17) is 0 Å². The van der Waals surface area contributed by atoms with Crippen LogP contribution in [0.25, 0.3) is 77.2 Å². The zero-order valence-electron chi connectivity index (χ0n) is 32.2. The number of allylic oxidation sites excluding steroid dienone is 2. The number of hydrogen-bond acceptors (Lipinski definition) is 2. The van der Waals surface area contributed by atoms with Crippen LogP contribution in [0.15, 0.2) is 182 Å². The minimum Gasteiger partial charge on any atom is -0.194 e. The lowest BCUT2D eigenvalue weighted by molar-refractivity contribution is -0.254. The molecule has 0 unspecified atom stereocenters. The predicted molar refractivity (Wildman–Crippen MR) is 243 cm³/mol. The molecule has 0 radical (unpaired) electrons. The molecule has 9 rings (SSSR count). The van der Waals surface area contributed by atoms with E-state index in [9.17, 15) is 0 Å². The zero-order valence-corrected chi connectivity index (χ0v) is 33.8. The van der Waals surface area contributed by atoms with E-state index < -0.39 is 28.9 Å². The molecule has 1 aliphatic carbocycles. The van der Waals surface area contributed by atoms with Gasteiger partial charge in [0.05, 0.1) is 0 Å². The highest BCUT2D eigenvalue weighted by Crippen LogP contribution is 2.67. The first-order chi connectivity index (χ1) is 29.5. The van der Waals surface area contributed by atoms with Gasteiger partial charge in [-0.05, 0) is 56.6 Å². The van der Waals surface area contributed by atoms with Gasteiger partial charge in [0, 0.05) is 41.8 Å². The van der Waals surface area contributed by atoms with Crippen molar-refractivity contribution in [1.82, 2.24) is 0 Å². The van der Waals surface area contributed by atoms with Crippen molar-refractivity contribution in [2.75, 3.05) is 0 Å². The summed E-state index contributed by atoms with van der Waals surface area (Å²) >= 11 is 2.19. The normalized spacial score (nSPS) is 15.6. The van der Waals surface area contributed by atoms with Crippen LogP contribution in [0.4, 0.5) is 26.3 Å². The number of thiophene rings is 2. The maximum atomic E-state index is 16.7. The van der Waals surface area contributed by atoms with Gasteiger partial charge >= 0.3 is 17.8 Å². The molecule has 2 aromatic heterocycles. The Kier molecular flexibility index (Phi) is 10.6. The first-order valence-corrected chi connectivity index (χ1v) is 21.1. The largest absolute Gasteiger partial charge is 0.380 e. The summed E-state index contributed by atoms with van der Waals surface area (Å²) in [5.41, 5.74) is 2.40. The summed E-state index contributed by atoms with van der Waals surface area (Å²) in [7, 11) is 0. The van der Waals surface area contributed by atoms with Crippen LogP contribution in [-0.4, -0.2) is 17.8 Å². The molecule has 8 heteroatoms. The number of hydrogen-bond donors (Lipinski definition) is 0. The van der Waals surface area contributed by atoms with E-state index in [0.29, 0.717) is 32.0 Å². The maximum absolute atomic E-state index is 16.7. The van der Waals surface area contributed by atoms with Gasteiger partial charge < -0.3 is 0 Å². The van der Waals surface area contributed by atoms with Crippen LogP contribution in [0.3, 0.4) is 0 Å². The van der Waals surface area contributed by atoms with Gasteiger partial charge in [-0.25, -0.2) is 0 Å². The molecule has 6 aromatic carbocycles. The van der Waals surface area contributed by atoms with Crippen LogP contribution in [0.1, 0.15) is 33.4 Å². The molecule has 0 fully saturated rings. The number of rotatable bonds is 10. The molecule has 0 saturated heterocycles. The monoisotopic (exact) mass is 848 g/mol. The Morgan fingerprint density at radius 1 is 0.328 bits per heavy atom. The highest BCUT2D eigenvalue weighted by molar-refractivity contribution is 7.19. The smallest absolute Gasteiger partial charge is 0.194 e. The fourth-order valence-electron chi connectivity index (χ4n) is 7.51. The number of alkyl halides is 6. The Bertz CT molecular complexity index is 2690. The molecule has 0 bridgehead atoms. The summed E-state index contributed by atoms with van der Waals surface area (Å²) in [5, 5.41) is 0. The van der Waals surface area contributed by atoms with Gasteiger partial charge in [0.2, 0.25) is 0 Å². The van der Waals surface area contributed by atoms with E-state index in [1.165, 1.54) is 12.1 Å². The third-order valence-electron chi connectivity index (χ3n) is 10.7. The molecule has 300 valence electrons. The lowest BCUT2D eigenvalue weighted by Crippen LogP contribution is -2.48. The lowest BCUT2D eigenvalue weighted by Gasteiger charge is -2.26.